The number of rotatable bonds is 13. The maximum Gasteiger partial charge on any atom is 0.244 e. The molecule has 0 saturated carbocycles. The lowest BCUT2D eigenvalue weighted by Crippen LogP contribution is -2.31. The summed E-state index contributed by atoms with van der Waals surface area (Å²) >= 11 is 1.74. The topological polar surface area (TPSA) is 38.3 Å². The molecule has 0 bridgehead atoms. The fraction of sp³-hybridized carbons (Fsp3) is 0.423. The van der Waals surface area contributed by atoms with Crippen molar-refractivity contribution in [1.82, 2.24) is 5.32 Å². The number of methoxy groups -OCH3 is 1. The van der Waals surface area contributed by atoms with Crippen LogP contribution in [0, 0.1) is 0 Å². The molecule has 1 aromatic carbocycles. The second-order valence-corrected chi connectivity index (χ2v) is 8.45. The molecule has 0 radical (unpaired) electrons. The van der Waals surface area contributed by atoms with Crippen LogP contribution in [-0.2, 0) is 11.2 Å². The highest BCUT2D eigenvalue weighted by atomic mass is 32.1. The number of hydrogen-bond acceptors (Lipinski definition) is 3. The predicted octanol–water partition coefficient (Wildman–Crippen LogP) is 6.80. The molecule has 0 fully saturated rings. The first kappa shape index (κ1) is 23.9. The first-order valence-corrected chi connectivity index (χ1v) is 11.9. The molecule has 0 aliphatic carbocycles. The zero-order valence-electron chi connectivity index (χ0n) is 18.5. The molecule has 1 amide bonds. The number of nitrogens with one attached hydrogen (secondary N) is 1. The van der Waals surface area contributed by atoms with E-state index in [0.717, 1.165) is 37.9 Å². The second kappa shape index (κ2) is 13.8. The number of amides is 1. The molecule has 3 nitrogen and oxygen atoms in total. The lowest BCUT2D eigenvalue weighted by Gasteiger charge is -2.12. The van der Waals surface area contributed by atoms with E-state index in [1.807, 2.05) is 18.2 Å². The van der Waals surface area contributed by atoms with Crippen molar-refractivity contribution in [3.8, 4) is 5.75 Å². The van der Waals surface area contributed by atoms with Gasteiger partial charge in [-0.15, -0.1) is 0 Å². The number of allylic oxidation sites excluding steroid dienone is 3. The third kappa shape index (κ3) is 9.00. The van der Waals surface area contributed by atoms with Crippen molar-refractivity contribution in [2.24, 2.45) is 0 Å². The van der Waals surface area contributed by atoms with E-state index in [4.69, 9.17) is 4.74 Å². The quantitative estimate of drug-likeness (QED) is 0.218. The third-order valence-electron chi connectivity index (χ3n) is 5.13. The summed E-state index contributed by atoms with van der Waals surface area (Å²) in [6.45, 7) is 4.28. The monoisotopic (exact) mass is 425 g/mol. The van der Waals surface area contributed by atoms with Crippen LogP contribution in [0.1, 0.15) is 63.5 Å². The van der Waals surface area contributed by atoms with E-state index in [1.54, 1.807) is 24.5 Å². The SMILES string of the molecule is CCCCCC(=CC=CC(=O)N[C@H](C)CCCc1ccsc1)c1ccc(OC)cc1. The van der Waals surface area contributed by atoms with Gasteiger partial charge in [0.15, 0.2) is 0 Å². The summed E-state index contributed by atoms with van der Waals surface area (Å²) in [6.07, 6.45) is 13.3. The van der Waals surface area contributed by atoms with Gasteiger partial charge in [0.2, 0.25) is 5.91 Å². The van der Waals surface area contributed by atoms with Gasteiger partial charge in [-0.3, -0.25) is 4.79 Å². The molecule has 1 aromatic heterocycles. The Kier molecular flexibility index (Phi) is 11.0. The summed E-state index contributed by atoms with van der Waals surface area (Å²) in [4.78, 5) is 12.3. The molecule has 0 aliphatic heterocycles. The molecule has 162 valence electrons. The maximum atomic E-state index is 12.3. The number of thiophene rings is 1. The standard InChI is InChI=1S/C26H35NO2S/c1-4-5-6-11-23(24-14-16-25(29-3)17-15-24)12-8-13-26(28)27-21(2)9-7-10-22-18-19-30-20-22/h8,12-21H,4-7,9-11H2,1-3H3,(H,27,28)/t21-/m1/s1. The van der Waals surface area contributed by atoms with Gasteiger partial charge in [-0.05, 0) is 84.7 Å². The van der Waals surface area contributed by atoms with Gasteiger partial charge < -0.3 is 10.1 Å². The molecule has 2 rings (SSSR count). The molecule has 0 spiro atoms. The average molecular weight is 426 g/mol. The third-order valence-corrected chi connectivity index (χ3v) is 5.86. The molecule has 0 unspecified atom stereocenters. The van der Waals surface area contributed by atoms with Crippen molar-refractivity contribution in [1.29, 1.82) is 0 Å². The molecule has 0 aliphatic rings. The van der Waals surface area contributed by atoms with Crippen molar-refractivity contribution in [3.63, 3.8) is 0 Å². The smallest absolute Gasteiger partial charge is 0.244 e. The molecule has 4 heteroatoms. The Hall–Kier alpha value is -2.33. The summed E-state index contributed by atoms with van der Waals surface area (Å²) in [5, 5.41) is 7.38. The average Bonchev–Trinajstić information content (AvgIpc) is 3.26. The maximum absolute atomic E-state index is 12.3. The fourth-order valence-corrected chi connectivity index (χ4v) is 4.06. The Morgan fingerprint density at radius 2 is 1.97 bits per heavy atom. The molecular formula is C26H35NO2S. The van der Waals surface area contributed by atoms with Crippen LogP contribution in [0.25, 0.3) is 5.57 Å². The zero-order valence-corrected chi connectivity index (χ0v) is 19.3. The normalized spacial score (nSPS) is 12.8. The Morgan fingerprint density at radius 3 is 2.63 bits per heavy atom. The van der Waals surface area contributed by atoms with Crippen molar-refractivity contribution >= 4 is 22.8 Å². The van der Waals surface area contributed by atoms with Crippen LogP contribution >= 0.6 is 11.3 Å². The van der Waals surface area contributed by atoms with E-state index < -0.39 is 0 Å². The van der Waals surface area contributed by atoms with Crippen LogP contribution < -0.4 is 10.1 Å². The molecular weight excluding hydrogens is 390 g/mol. The van der Waals surface area contributed by atoms with Crippen LogP contribution in [0.2, 0.25) is 0 Å². The van der Waals surface area contributed by atoms with Crippen LogP contribution in [0.5, 0.6) is 5.75 Å². The largest absolute Gasteiger partial charge is 0.497 e. The number of ether oxygens (including phenoxy) is 1. The van der Waals surface area contributed by atoms with E-state index in [0.29, 0.717) is 0 Å². The Labute approximate surface area is 185 Å². The summed E-state index contributed by atoms with van der Waals surface area (Å²) < 4.78 is 5.26. The molecule has 1 atom stereocenters. The van der Waals surface area contributed by atoms with E-state index >= 15 is 0 Å². The number of benzene rings is 1. The lowest BCUT2D eigenvalue weighted by atomic mass is 9.99. The van der Waals surface area contributed by atoms with Gasteiger partial charge in [-0.1, -0.05) is 44.1 Å². The second-order valence-electron chi connectivity index (χ2n) is 7.67. The van der Waals surface area contributed by atoms with Gasteiger partial charge in [-0.2, -0.15) is 11.3 Å². The van der Waals surface area contributed by atoms with E-state index in [2.05, 4.69) is 54.2 Å². The summed E-state index contributed by atoms with van der Waals surface area (Å²) in [7, 11) is 1.68. The van der Waals surface area contributed by atoms with E-state index in [1.165, 1.54) is 29.5 Å². The first-order chi connectivity index (χ1) is 14.6. The Morgan fingerprint density at radius 1 is 1.17 bits per heavy atom. The van der Waals surface area contributed by atoms with Crippen molar-refractivity contribution in [2.45, 2.75) is 64.8 Å². The first-order valence-electron chi connectivity index (χ1n) is 11.0. The van der Waals surface area contributed by atoms with Gasteiger partial charge in [0.05, 0.1) is 7.11 Å². The van der Waals surface area contributed by atoms with Crippen molar-refractivity contribution < 1.29 is 9.53 Å². The lowest BCUT2D eigenvalue weighted by molar-refractivity contribution is -0.117. The number of hydrogen-bond donors (Lipinski definition) is 1. The van der Waals surface area contributed by atoms with E-state index in [9.17, 15) is 4.79 Å². The number of carbonyl (C=O) groups excluding carboxylic acids is 1. The summed E-state index contributed by atoms with van der Waals surface area (Å²) in [6, 6.07) is 10.5. The summed E-state index contributed by atoms with van der Waals surface area (Å²) in [5.41, 5.74) is 3.82. The fourth-order valence-electron chi connectivity index (χ4n) is 3.36. The van der Waals surface area contributed by atoms with Crippen LogP contribution in [-0.4, -0.2) is 19.1 Å². The number of aryl methyl sites for hydroxylation is 1. The van der Waals surface area contributed by atoms with E-state index in [-0.39, 0.29) is 11.9 Å². The Balaban J connectivity index is 1.87. The van der Waals surface area contributed by atoms with Crippen LogP contribution in [0.3, 0.4) is 0 Å². The Bertz CT molecular complexity index is 791. The van der Waals surface area contributed by atoms with Gasteiger partial charge in [0, 0.05) is 12.1 Å². The van der Waals surface area contributed by atoms with Crippen molar-refractivity contribution in [2.75, 3.05) is 7.11 Å². The highest BCUT2D eigenvalue weighted by molar-refractivity contribution is 7.07. The van der Waals surface area contributed by atoms with Crippen LogP contribution in [0.15, 0.2) is 59.3 Å². The van der Waals surface area contributed by atoms with Gasteiger partial charge in [-0.25, -0.2) is 0 Å². The minimum Gasteiger partial charge on any atom is -0.497 e. The number of unbranched alkanes of at least 4 members (excludes halogenated alkanes) is 2. The van der Waals surface area contributed by atoms with Gasteiger partial charge in [0.25, 0.3) is 0 Å². The highest BCUT2D eigenvalue weighted by Crippen LogP contribution is 2.23. The van der Waals surface area contributed by atoms with Gasteiger partial charge >= 0.3 is 0 Å². The molecule has 0 saturated heterocycles. The number of carbonyl (C=O) groups is 1. The minimum atomic E-state index is -0.0306. The van der Waals surface area contributed by atoms with Gasteiger partial charge in [0.1, 0.15) is 5.75 Å². The predicted molar refractivity (Wildman–Crippen MR) is 129 cm³/mol. The van der Waals surface area contributed by atoms with Crippen molar-refractivity contribution in [3.05, 3.63) is 70.4 Å². The molecule has 1 N–H and O–H groups in total. The zero-order chi connectivity index (χ0) is 21.6. The molecule has 2 aromatic rings. The minimum absolute atomic E-state index is 0.0306. The van der Waals surface area contributed by atoms with Crippen LogP contribution in [0.4, 0.5) is 0 Å². The molecule has 30 heavy (non-hydrogen) atoms. The molecule has 1 heterocycles. The highest BCUT2D eigenvalue weighted by Gasteiger charge is 2.05. The summed E-state index contributed by atoms with van der Waals surface area (Å²) in [5.74, 6) is 0.825.